The smallest absolute Gasteiger partial charge is 0.144 e. The van der Waals surface area contributed by atoms with Gasteiger partial charge in [0.25, 0.3) is 0 Å². The molecule has 2 aromatic carbocycles. The van der Waals surface area contributed by atoms with E-state index in [2.05, 4.69) is 95.9 Å². The molecule has 0 aliphatic heterocycles. The van der Waals surface area contributed by atoms with Crippen LogP contribution in [0.25, 0.3) is 33.2 Å². The first-order valence-electron chi connectivity index (χ1n) is 12.4. The molecule has 0 bridgehead atoms. The van der Waals surface area contributed by atoms with E-state index in [-0.39, 0.29) is 10.8 Å². The molecule has 0 amide bonds. The molecule has 1 aliphatic carbocycles. The minimum absolute atomic E-state index is 0.275. The molecule has 1 aliphatic rings. The van der Waals surface area contributed by atoms with Crippen molar-refractivity contribution >= 4 is 35.2 Å². The molecule has 0 spiro atoms. The van der Waals surface area contributed by atoms with Crippen LogP contribution in [0, 0.1) is 10.8 Å². The van der Waals surface area contributed by atoms with Crippen molar-refractivity contribution in [3.05, 3.63) is 60.3 Å². The van der Waals surface area contributed by atoms with Crippen LogP contribution in [0.15, 0.2) is 59.1 Å². The summed E-state index contributed by atoms with van der Waals surface area (Å²) in [4.78, 5) is 4.86. The van der Waals surface area contributed by atoms with E-state index < -0.39 is 8.07 Å². The molecular formula is C30H37NOSi. The summed E-state index contributed by atoms with van der Waals surface area (Å²) in [6.07, 6.45) is 5.87. The Morgan fingerprint density at radius 3 is 2.30 bits per heavy atom. The molecule has 2 nitrogen and oxygen atoms in total. The Bertz CT molecular complexity index is 1320. The summed E-state index contributed by atoms with van der Waals surface area (Å²) in [5, 5.41) is 3.96. The Balaban J connectivity index is 1.73. The highest BCUT2D eigenvalue weighted by atomic mass is 28.3. The van der Waals surface area contributed by atoms with Crippen LogP contribution in [-0.4, -0.2) is 13.1 Å². The highest BCUT2D eigenvalue weighted by Crippen LogP contribution is 2.56. The number of para-hydroxylation sites is 1. The molecule has 4 aromatic rings. The van der Waals surface area contributed by atoms with Gasteiger partial charge in [-0.2, -0.15) is 0 Å². The standard InChI is InChI=1S/C30H37NOSi/c1-29(2)16-10-17-30(3,4)28(29)20-15-18-31-23(19-20)21-13-14-25(33(5,6)7)26-22-11-8-9-12-24(22)32-27(21)26/h8-9,11-15,18-19,28H,10,16-17H2,1-7H3. The predicted molar refractivity (Wildman–Crippen MR) is 144 cm³/mol. The van der Waals surface area contributed by atoms with Gasteiger partial charge in [-0.05, 0) is 64.6 Å². The molecule has 3 heteroatoms. The van der Waals surface area contributed by atoms with E-state index in [0.29, 0.717) is 5.92 Å². The van der Waals surface area contributed by atoms with Gasteiger partial charge in [0, 0.05) is 22.5 Å². The van der Waals surface area contributed by atoms with Gasteiger partial charge in [0.1, 0.15) is 11.2 Å². The Kier molecular flexibility index (Phi) is 5.13. The number of rotatable bonds is 3. The SMILES string of the molecule is CC1(C)CCCC(C)(C)C1c1ccnc(-c2ccc([Si](C)(C)C)c3c2oc2ccccc23)c1. The van der Waals surface area contributed by atoms with Gasteiger partial charge >= 0.3 is 0 Å². The van der Waals surface area contributed by atoms with Crippen molar-refractivity contribution in [3.8, 4) is 11.3 Å². The first-order valence-corrected chi connectivity index (χ1v) is 15.9. The van der Waals surface area contributed by atoms with E-state index in [1.807, 2.05) is 6.20 Å². The van der Waals surface area contributed by atoms with E-state index in [1.165, 1.54) is 40.8 Å². The number of fused-ring (bicyclic) bond motifs is 3. The Morgan fingerprint density at radius 1 is 0.909 bits per heavy atom. The molecule has 0 atom stereocenters. The number of nitrogens with zero attached hydrogens (tertiary/aromatic N) is 1. The fraction of sp³-hybridized carbons (Fsp3) is 0.433. The number of benzene rings is 2. The fourth-order valence-electron chi connectivity index (χ4n) is 6.68. The molecule has 5 rings (SSSR count). The summed E-state index contributed by atoms with van der Waals surface area (Å²) in [7, 11) is -1.56. The van der Waals surface area contributed by atoms with Gasteiger partial charge in [-0.3, -0.25) is 4.98 Å². The van der Waals surface area contributed by atoms with Crippen molar-refractivity contribution in [3.63, 3.8) is 0 Å². The lowest BCUT2D eigenvalue weighted by molar-refractivity contribution is 0.0727. The monoisotopic (exact) mass is 455 g/mol. The first kappa shape index (κ1) is 22.4. The summed E-state index contributed by atoms with van der Waals surface area (Å²) >= 11 is 0. The number of furan rings is 1. The molecule has 0 radical (unpaired) electrons. The van der Waals surface area contributed by atoms with E-state index >= 15 is 0 Å². The third kappa shape index (κ3) is 3.75. The molecule has 0 unspecified atom stereocenters. The van der Waals surface area contributed by atoms with E-state index in [9.17, 15) is 0 Å². The van der Waals surface area contributed by atoms with Crippen molar-refractivity contribution in [1.29, 1.82) is 0 Å². The summed E-state index contributed by atoms with van der Waals surface area (Å²) in [5.74, 6) is 0.507. The molecule has 1 fully saturated rings. The number of pyridine rings is 1. The summed E-state index contributed by atoms with van der Waals surface area (Å²) in [6.45, 7) is 17.0. The van der Waals surface area contributed by atoms with E-state index in [0.717, 1.165) is 22.4 Å². The van der Waals surface area contributed by atoms with Gasteiger partial charge in [0.15, 0.2) is 0 Å². The van der Waals surface area contributed by atoms with Crippen LogP contribution in [0.2, 0.25) is 19.6 Å². The molecule has 1 saturated carbocycles. The van der Waals surface area contributed by atoms with Crippen molar-refractivity contribution in [2.45, 2.75) is 72.5 Å². The van der Waals surface area contributed by atoms with Crippen molar-refractivity contribution in [2.75, 3.05) is 0 Å². The molecule has 0 N–H and O–H groups in total. The largest absolute Gasteiger partial charge is 0.455 e. The maximum Gasteiger partial charge on any atom is 0.144 e. The maximum absolute atomic E-state index is 6.52. The highest BCUT2D eigenvalue weighted by molar-refractivity contribution is 6.90. The summed E-state index contributed by atoms with van der Waals surface area (Å²) < 4.78 is 6.52. The van der Waals surface area contributed by atoms with Crippen LogP contribution in [0.5, 0.6) is 0 Å². The first-order chi connectivity index (χ1) is 15.5. The summed E-state index contributed by atoms with van der Waals surface area (Å²) in [6, 6.07) is 17.6. The van der Waals surface area contributed by atoms with Crippen molar-refractivity contribution in [2.24, 2.45) is 10.8 Å². The second-order valence-electron chi connectivity index (χ2n) is 12.5. The third-order valence-corrected chi connectivity index (χ3v) is 9.97. The van der Waals surface area contributed by atoms with Crippen LogP contribution in [0.3, 0.4) is 0 Å². The van der Waals surface area contributed by atoms with Gasteiger partial charge in [0.2, 0.25) is 0 Å². The molecule has 172 valence electrons. The molecule has 33 heavy (non-hydrogen) atoms. The van der Waals surface area contributed by atoms with E-state index in [4.69, 9.17) is 9.40 Å². The van der Waals surface area contributed by atoms with Gasteiger partial charge in [-0.15, -0.1) is 0 Å². The quantitative estimate of drug-likeness (QED) is 0.289. The third-order valence-electron chi connectivity index (χ3n) is 7.93. The van der Waals surface area contributed by atoms with Crippen LogP contribution >= 0.6 is 0 Å². The average Bonchev–Trinajstić information content (AvgIpc) is 3.10. The van der Waals surface area contributed by atoms with Crippen molar-refractivity contribution in [1.82, 2.24) is 4.98 Å². The second kappa shape index (κ2) is 7.56. The Morgan fingerprint density at radius 2 is 1.61 bits per heavy atom. The molecule has 2 aromatic heterocycles. The molecular weight excluding hydrogens is 418 g/mol. The maximum atomic E-state index is 6.52. The number of aromatic nitrogens is 1. The molecule has 2 heterocycles. The van der Waals surface area contributed by atoms with Gasteiger partial charge in [-0.1, -0.05) is 78.0 Å². The van der Waals surface area contributed by atoms with Crippen LogP contribution in [0.1, 0.15) is 58.4 Å². The number of hydrogen-bond donors (Lipinski definition) is 0. The van der Waals surface area contributed by atoms with Crippen LogP contribution in [0.4, 0.5) is 0 Å². The Hall–Kier alpha value is -2.39. The topological polar surface area (TPSA) is 26.0 Å². The van der Waals surface area contributed by atoms with Crippen molar-refractivity contribution < 1.29 is 4.42 Å². The minimum atomic E-state index is -1.56. The van der Waals surface area contributed by atoms with Crippen LogP contribution < -0.4 is 5.19 Å². The predicted octanol–water partition coefficient (Wildman–Crippen LogP) is 8.51. The molecule has 0 saturated heterocycles. The lowest BCUT2D eigenvalue weighted by Crippen LogP contribution is -2.38. The zero-order valence-corrected chi connectivity index (χ0v) is 22.3. The van der Waals surface area contributed by atoms with E-state index in [1.54, 1.807) is 0 Å². The fourth-order valence-corrected chi connectivity index (χ4v) is 8.26. The highest BCUT2D eigenvalue weighted by Gasteiger charge is 2.44. The Labute approximate surface area is 199 Å². The second-order valence-corrected chi connectivity index (χ2v) is 17.5. The van der Waals surface area contributed by atoms with Gasteiger partial charge < -0.3 is 4.42 Å². The zero-order valence-electron chi connectivity index (χ0n) is 21.3. The minimum Gasteiger partial charge on any atom is -0.455 e. The zero-order chi connectivity index (χ0) is 23.6. The summed E-state index contributed by atoms with van der Waals surface area (Å²) in [5.41, 5.74) is 6.04. The van der Waals surface area contributed by atoms with Gasteiger partial charge in [-0.25, -0.2) is 0 Å². The lowest BCUT2D eigenvalue weighted by atomic mass is 9.55. The average molecular weight is 456 g/mol. The normalized spacial score (nSPS) is 18.8. The number of hydrogen-bond acceptors (Lipinski definition) is 2. The lowest BCUT2D eigenvalue weighted by Gasteiger charge is -2.49. The van der Waals surface area contributed by atoms with Crippen LogP contribution in [-0.2, 0) is 0 Å². The van der Waals surface area contributed by atoms with Gasteiger partial charge in [0.05, 0.1) is 13.8 Å².